The third-order valence-corrected chi connectivity index (χ3v) is 2.70. The van der Waals surface area contributed by atoms with E-state index in [-0.39, 0.29) is 6.03 Å². The van der Waals surface area contributed by atoms with Crippen LogP contribution < -0.4 is 10.6 Å². The molecule has 0 aliphatic rings. The minimum atomic E-state index is -0.285. The molecule has 100 valence electrons. The first-order chi connectivity index (χ1) is 9.20. The lowest BCUT2D eigenvalue weighted by atomic mass is 10.1. The van der Waals surface area contributed by atoms with E-state index in [1.165, 1.54) is 5.56 Å². The lowest BCUT2D eigenvalue weighted by Crippen LogP contribution is -2.29. The lowest BCUT2D eigenvalue weighted by Gasteiger charge is -2.05. The first-order valence-corrected chi connectivity index (χ1v) is 6.27. The van der Waals surface area contributed by atoms with Crippen LogP contribution >= 0.6 is 0 Å². The van der Waals surface area contributed by atoms with Crippen LogP contribution in [0.5, 0.6) is 0 Å². The van der Waals surface area contributed by atoms with Crippen molar-refractivity contribution in [3.05, 3.63) is 36.0 Å². The standard InChI is InChI=1S/C14H17N3O2/c1-3-8-15-14(18)17-13-12(9-16-19-13)11-6-4-10(2)5-7-11/h4-7,9H,3,8H2,1-2H3,(H2,15,17,18). The second-order valence-corrected chi connectivity index (χ2v) is 4.32. The summed E-state index contributed by atoms with van der Waals surface area (Å²) in [5, 5.41) is 9.12. The Morgan fingerprint density at radius 3 is 2.74 bits per heavy atom. The highest BCUT2D eigenvalue weighted by Crippen LogP contribution is 2.27. The fourth-order valence-corrected chi connectivity index (χ4v) is 1.65. The Kier molecular flexibility index (Phi) is 4.18. The molecule has 0 radical (unpaired) electrons. The maximum absolute atomic E-state index is 11.6. The van der Waals surface area contributed by atoms with Gasteiger partial charge in [-0.05, 0) is 18.9 Å². The van der Waals surface area contributed by atoms with Crippen molar-refractivity contribution in [1.29, 1.82) is 0 Å². The molecule has 0 aliphatic heterocycles. The number of anilines is 1. The van der Waals surface area contributed by atoms with Gasteiger partial charge in [0.1, 0.15) is 0 Å². The summed E-state index contributed by atoms with van der Waals surface area (Å²) >= 11 is 0. The molecular weight excluding hydrogens is 242 g/mol. The number of aromatic nitrogens is 1. The molecule has 0 atom stereocenters. The molecule has 1 aromatic heterocycles. The van der Waals surface area contributed by atoms with E-state index in [0.717, 1.165) is 17.5 Å². The van der Waals surface area contributed by atoms with E-state index in [1.54, 1.807) is 6.20 Å². The van der Waals surface area contributed by atoms with Crippen LogP contribution in [0.2, 0.25) is 0 Å². The van der Waals surface area contributed by atoms with Crippen molar-refractivity contribution in [2.24, 2.45) is 0 Å². The van der Waals surface area contributed by atoms with Gasteiger partial charge < -0.3 is 9.84 Å². The number of carbonyl (C=O) groups is 1. The number of rotatable bonds is 4. The highest BCUT2D eigenvalue weighted by atomic mass is 16.5. The van der Waals surface area contributed by atoms with Crippen molar-refractivity contribution in [2.75, 3.05) is 11.9 Å². The largest absolute Gasteiger partial charge is 0.338 e. The quantitative estimate of drug-likeness (QED) is 0.886. The number of carbonyl (C=O) groups excluding carboxylic acids is 1. The van der Waals surface area contributed by atoms with Gasteiger partial charge in [0, 0.05) is 6.54 Å². The topological polar surface area (TPSA) is 67.2 Å². The molecule has 0 unspecified atom stereocenters. The summed E-state index contributed by atoms with van der Waals surface area (Å²) in [4.78, 5) is 11.6. The van der Waals surface area contributed by atoms with Crippen LogP contribution in [0.3, 0.4) is 0 Å². The predicted molar refractivity (Wildman–Crippen MR) is 74.0 cm³/mol. The number of nitrogens with one attached hydrogen (secondary N) is 2. The number of aryl methyl sites for hydroxylation is 1. The number of benzene rings is 1. The number of hydrogen-bond donors (Lipinski definition) is 2. The second kappa shape index (κ2) is 6.04. The molecule has 2 rings (SSSR count). The van der Waals surface area contributed by atoms with Crippen LogP contribution in [-0.4, -0.2) is 17.7 Å². The van der Waals surface area contributed by atoms with Crippen LogP contribution in [-0.2, 0) is 0 Å². The molecule has 1 aromatic carbocycles. The third kappa shape index (κ3) is 3.34. The number of nitrogens with zero attached hydrogens (tertiary/aromatic N) is 1. The smallest absolute Gasteiger partial charge is 0.321 e. The summed E-state index contributed by atoms with van der Waals surface area (Å²) in [5.74, 6) is 0.359. The minimum Gasteiger partial charge on any atom is -0.338 e. The third-order valence-electron chi connectivity index (χ3n) is 2.70. The minimum absolute atomic E-state index is 0.285. The van der Waals surface area contributed by atoms with Crippen molar-refractivity contribution in [3.63, 3.8) is 0 Å². The van der Waals surface area contributed by atoms with E-state index >= 15 is 0 Å². The normalized spacial score (nSPS) is 10.2. The summed E-state index contributed by atoms with van der Waals surface area (Å²) in [7, 11) is 0. The van der Waals surface area contributed by atoms with Crippen LogP contribution in [0.1, 0.15) is 18.9 Å². The van der Waals surface area contributed by atoms with Crippen molar-refractivity contribution < 1.29 is 9.32 Å². The molecule has 0 spiro atoms. The van der Waals surface area contributed by atoms with Crippen molar-refractivity contribution >= 4 is 11.9 Å². The molecule has 0 saturated heterocycles. The molecule has 2 aromatic rings. The number of urea groups is 1. The maximum Gasteiger partial charge on any atom is 0.321 e. The molecule has 19 heavy (non-hydrogen) atoms. The Balaban J connectivity index is 2.13. The summed E-state index contributed by atoms with van der Waals surface area (Å²) in [5.41, 5.74) is 2.90. The number of amides is 2. The zero-order valence-corrected chi connectivity index (χ0v) is 11.1. The highest BCUT2D eigenvalue weighted by Gasteiger charge is 2.12. The van der Waals surface area contributed by atoms with Crippen LogP contribution in [0.4, 0.5) is 10.7 Å². The number of hydrogen-bond acceptors (Lipinski definition) is 3. The van der Waals surface area contributed by atoms with Crippen LogP contribution in [0, 0.1) is 6.92 Å². The van der Waals surface area contributed by atoms with Crippen molar-refractivity contribution in [1.82, 2.24) is 10.5 Å². The predicted octanol–water partition coefficient (Wildman–Crippen LogP) is 3.18. The van der Waals surface area contributed by atoms with E-state index in [9.17, 15) is 4.79 Å². The SMILES string of the molecule is CCCNC(=O)Nc1oncc1-c1ccc(C)cc1. The Hall–Kier alpha value is -2.30. The summed E-state index contributed by atoms with van der Waals surface area (Å²) in [6.07, 6.45) is 2.48. The van der Waals surface area contributed by atoms with Gasteiger partial charge in [-0.1, -0.05) is 41.9 Å². The van der Waals surface area contributed by atoms with Gasteiger partial charge in [0.2, 0.25) is 5.88 Å². The van der Waals surface area contributed by atoms with E-state index in [2.05, 4.69) is 15.8 Å². The fraction of sp³-hybridized carbons (Fsp3) is 0.286. The van der Waals surface area contributed by atoms with Crippen LogP contribution in [0.25, 0.3) is 11.1 Å². The van der Waals surface area contributed by atoms with Crippen LogP contribution in [0.15, 0.2) is 35.0 Å². The summed E-state index contributed by atoms with van der Waals surface area (Å²) in [6, 6.07) is 7.66. The van der Waals surface area contributed by atoms with Gasteiger partial charge in [-0.25, -0.2) is 4.79 Å². The van der Waals surface area contributed by atoms with Gasteiger partial charge in [0.15, 0.2) is 0 Å². The van der Waals surface area contributed by atoms with Gasteiger partial charge in [0.25, 0.3) is 0 Å². The first-order valence-electron chi connectivity index (χ1n) is 6.27. The monoisotopic (exact) mass is 259 g/mol. The summed E-state index contributed by atoms with van der Waals surface area (Å²) in [6.45, 7) is 4.64. The molecule has 0 aliphatic carbocycles. The second-order valence-electron chi connectivity index (χ2n) is 4.32. The lowest BCUT2D eigenvalue weighted by molar-refractivity contribution is 0.251. The van der Waals surface area contributed by atoms with E-state index in [4.69, 9.17) is 4.52 Å². The molecule has 0 fully saturated rings. The molecule has 0 bridgehead atoms. The molecule has 0 saturated carbocycles. The average Bonchev–Trinajstić information content (AvgIpc) is 2.85. The maximum atomic E-state index is 11.6. The molecule has 1 heterocycles. The van der Waals surface area contributed by atoms with E-state index in [1.807, 2.05) is 38.1 Å². The van der Waals surface area contributed by atoms with Gasteiger partial charge in [0.05, 0.1) is 11.8 Å². The van der Waals surface area contributed by atoms with Gasteiger partial charge in [-0.2, -0.15) is 0 Å². The average molecular weight is 259 g/mol. The van der Waals surface area contributed by atoms with Gasteiger partial charge >= 0.3 is 6.03 Å². The molecule has 2 amide bonds. The van der Waals surface area contributed by atoms with Crippen molar-refractivity contribution in [3.8, 4) is 11.1 Å². The zero-order chi connectivity index (χ0) is 13.7. The Morgan fingerprint density at radius 2 is 2.05 bits per heavy atom. The molecule has 5 nitrogen and oxygen atoms in total. The molecule has 2 N–H and O–H groups in total. The fourth-order valence-electron chi connectivity index (χ4n) is 1.65. The van der Waals surface area contributed by atoms with E-state index in [0.29, 0.717) is 12.4 Å². The molecule has 5 heteroatoms. The Morgan fingerprint density at radius 1 is 1.32 bits per heavy atom. The molecular formula is C14H17N3O2. The van der Waals surface area contributed by atoms with E-state index < -0.39 is 0 Å². The first kappa shape index (κ1) is 13.1. The van der Waals surface area contributed by atoms with Crippen molar-refractivity contribution in [2.45, 2.75) is 20.3 Å². The highest BCUT2D eigenvalue weighted by molar-refractivity contribution is 5.92. The summed E-state index contributed by atoms with van der Waals surface area (Å²) < 4.78 is 5.08. The Bertz CT molecular complexity index is 546. The van der Waals surface area contributed by atoms with Gasteiger partial charge in [-0.3, -0.25) is 5.32 Å². The Labute approximate surface area is 112 Å². The van der Waals surface area contributed by atoms with Gasteiger partial charge in [-0.15, -0.1) is 0 Å². The zero-order valence-electron chi connectivity index (χ0n) is 11.1.